The van der Waals surface area contributed by atoms with Gasteiger partial charge in [0.15, 0.2) is 0 Å². The molecule has 4 nitrogen and oxygen atoms in total. The number of amides is 1. The van der Waals surface area contributed by atoms with Crippen molar-refractivity contribution in [2.24, 2.45) is 0 Å². The van der Waals surface area contributed by atoms with Gasteiger partial charge < -0.3 is 9.47 Å². The summed E-state index contributed by atoms with van der Waals surface area (Å²) in [6.07, 6.45) is -5.56. The number of epoxide rings is 1. The van der Waals surface area contributed by atoms with E-state index in [4.69, 9.17) is 9.47 Å². The van der Waals surface area contributed by atoms with Crippen LogP contribution in [0.25, 0.3) is 0 Å². The predicted octanol–water partition coefficient (Wildman–Crippen LogP) is 4.12. The summed E-state index contributed by atoms with van der Waals surface area (Å²) < 4.78 is 48.4. The van der Waals surface area contributed by atoms with Gasteiger partial charge in [-0.2, -0.15) is 13.2 Å². The number of hydrogen-bond donors (Lipinski definition) is 1. The van der Waals surface area contributed by atoms with Crippen molar-refractivity contribution in [2.45, 2.75) is 38.7 Å². The Morgan fingerprint density at radius 2 is 1.95 bits per heavy atom. The lowest BCUT2D eigenvalue weighted by atomic mass is 10.1. The molecule has 0 unspecified atom stereocenters. The lowest BCUT2D eigenvalue weighted by Gasteiger charge is -2.20. The van der Waals surface area contributed by atoms with E-state index in [0.717, 1.165) is 12.1 Å². The highest BCUT2D eigenvalue weighted by atomic mass is 19.4. The van der Waals surface area contributed by atoms with Crippen LogP contribution in [0, 0.1) is 0 Å². The Labute approximate surface area is 120 Å². The number of halogens is 3. The summed E-state index contributed by atoms with van der Waals surface area (Å²) in [5.41, 5.74) is -1.00. The second-order valence-electron chi connectivity index (χ2n) is 5.75. The van der Waals surface area contributed by atoms with E-state index >= 15 is 0 Å². The fourth-order valence-electron chi connectivity index (χ4n) is 1.76. The number of nitrogens with one attached hydrogen (secondary N) is 1. The topological polar surface area (TPSA) is 50.9 Å². The zero-order valence-corrected chi connectivity index (χ0v) is 11.9. The molecule has 1 atom stereocenters. The van der Waals surface area contributed by atoms with E-state index in [1.54, 1.807) is 20.8 Å². The van der Waals surface area contributed by atoms with Crippen LogP contribution >= 0.6 is 0 Å². The maximum absolute atomic E-state index is 12.7. The predicted molar refractivity (Wildman–Crippen MR) is 70.0 cm³/mol. The number of benzene rings is 1. The quantitative estimate of drug-likeness (QED) is 0.836. The van der Waals surface area contributed by atoms with Gasteiger partial charge in [0, 0.05) is 5.56 Å². The van der Waals surface area contributed by atoms with Gasteiger partial charge in [-0.15, -0.1) is 0 Å². The molecule has 116 valence electrons. The highest BCUT2D eigenvalue weighted by Crippen LogP contribution is 2.39. The highest BCUT2D eigenvalue weighted by Gasteiger charge is 2.34. The molecule has 1 aliphatic heterocycles. The standard InChI is InChI=1S/C14H16F3NO3/c1-13(2,3)21-12(19)18-10-6-8(14(15,16)17)4-5-9(10)11-7-20-11/h4-6,11H,7H2,1-3H3,(H,18,19)/t11-/m0/s1. The normalized spacial score (nSPS) is 18.3. The van der Waals surface area contributed by atoms with Crippen molar-refractivity contribution in [2.75, 3.05) is 11.9 Å². The van der Waals surface area contributed by atoms with Gasteiger partial charge in [0.2, 0.25) is 0 Å². The first kappa shape index (κ1) is 15.6. The van der Waals surface area contributed by atoms with Gasteiger partial charge in [0.05, 0.1) is 17.9 Å². The number of alkyl halides is 3. The smallest absolute Gasteiger partial charge is 0.416 e. The van der Waals surface area contributed by atoms with Crippen LogP contribution in [-0.2, 0) is 15.7 Å². The van der Waals surface area contributed by atoms with Crippen LogP contribution < -0.4 is 5.32 Å². The Morgan fingerprint density at radius 3 is 2.43 bits per heavy atom. The third kappa shape index (κ3) is 4.35. The summed E-state index contributed by atoms with van der Waals surface area (Å²) in [5.74, 6) is 0. The molecule has 1 fully saturated rings. The number of carbonyl (C=O) groups is 1. The number of rotatable bonds is 2. The van der Waals surface area contributed by atoms with Crippen molar-refractivity contribution < 1.29 is 27.4 Å². The molecule has 2 rings (SSSR count). The summed E-state index contributed by atoms with van der Waals surface area (Å²) in [5, 5.41) is 2.36. The first-order valence-electron chi connectivity index (χ1n) is 6.39. The molecule has 1 aromatic rings. The molecule has 0 bridgehead atoms. The van der Waals surface area contributed by atoms with Crippen molar-refractivity contribution in [1.29, 1.82) is 0 Å². The second-order valence-corrected chi connectivity index (χ2v) is 5.75. The van der Waals surface area contributed by atoms with E-state index in [-0.39, 0.29) is 11.8 Å². The third-order valence-electron chi connectivity index (χ3n) is 2.70. The molecule has 0 radical (unpaired) electrons. The van der Waals surface area contributed by atoms with E-state index in [9.17, 15) is 18.0 Å². The van der Waals surface area contributed by atoms with E-state index in [1.807, 2.05) is 0 Å². The van der Waals surface area contributed by atoms with Crippen LogP contribution in [0.1, 0.15) is 38.0 Å². The molecule has 7 heteroatoms. The minimum absolute atomic E-state index is 0.0570. The Hall–Kier alpha value is -1.76. The van der Waals surface area contributed by atoms with Crippen molar-refractivity contribution >= 4 is 11.8 Å². The van der Waals surface area contributed by atoms with Gasteiger partial charge in [-0.3, -0.25) is 5.32 Å². The van der Waals surface area contributed by atoms with Crippen LogP contribution in [0.3, 0.4) is 0 Å². The van der Waals surface area contributed by atoms with Gasteiger partial charge in [0.25, 0.3) is 0 Å². The van der Waals surface area contributed by atoms with Crippen molar-refractivity contribution in [3.63, 3.8) is 0 Å². The Morgan fingerprint density at radius 1 is 1.33 bits per heavy atom. The maximum atomic E-state index is 12.7. The Bertz CT molecular complexity index is 545. The van der Waals surface area contributed by atoms with Crippen LogP contribution in [0.15, 0.2) is 18.2 Å². The molecule has 21 heavy (non-hydrogen) atoms. The van der Waals surface area contributed by atoms with Gasteiger partial charge in [-0.25, -0.2) is 4.79 Å². The minimum Gasteiger partial charge on any atom is -0.444 e. The maximum Gasteiger partial charge on any atom is 0.416 e. The first-order valence-corrected chi connectivity index (χ1v) is 6.39. The Balaban J connectivity index is 2.25. The molecule has 1 amide bonds. The fourth-order valence-corrected chi connectivity index (χ4v) is 1.76. The average Bonchev–Trinajstić information content (AvgIpc) is 3.08. The van der Waals surface area contributed by atoms with Crippen LogP contribution in [0.2, 0.25) is 0 Å². The van der Waals surface area contributed by atoms with Crippen LogP contribution in [-0.4, -0.2) is 18.3 Å². The molecule has 1 N–H and O–H groups in total. The van der Waals surface area contributed by atoms with Gasteiger partial charge >= 0.3 is 12.3 Å². The van der Waals surface area contributed by atoms with Gasteiger partial charge in [-0.05, 0) is 32.9 Å². The van der Waals surface area contributed by atoms with Crippen LogP contribution in [0.4, 0.5) is 23.7 Å². The molecule has 0 aromatic heterocycles. The molecule has 1 aliphatic rings. The largest absolute Gasteiger partial charge is 0.444 e. The molecule has 1 heterocycles. The summed E-state index contributed by atoms with van der Waals surface area (Å²) in [6, 6.07) is 3.17. The van der Waals surface area contributed by atoms with Crippen molar-refractivity contribution in [3.8, 4) is 0 Å². The Kier molecular flexibility index (Phi) is 3.88. The van der Waals surface area contributed by atoms with E-state index in [1.165, 1.54) is 6.07 Å². The number of carbonyl (C=O) groups excluding carboxylic acids is 1. The van der Waals surface area contributed by atoms with E-state index < -0.39 is 23.4 Å². The fraction of sp³-hybridized carbons (Fsp3) is 0.500. The number of hydrogen-bond acceptors (Lipinski definition) is 3. The molecule has 1 saturated heterocycles. The zero-order chi connectivity index (χ0) is 15.8. The number of anilines is 1. The number of ether oxygens (including phenoxy) is 2. The summed E-state index contributed by atoms with van der Waals surface area (Å²) in [7, 11) is 0. The summed E-state index contributed by atoms with van der Waals surface area (Å²) in [6.45, 7) is 5.44. The highest BCUT2D eigenvalue weighted by molar-refractivity contribution is 5.86. The lowest BCUT2D eigenvalue weighted by Crippen LogP contribution is -2.27. The summed E-state index contributed by atoms with van der Waals surface area (Å²) >= 11 is 0. The van der Waals surface area contributed by atoms with Crippen molar-refractivity contribution in [1.82, 2.24) is 0 Å². The molecule has 0 spiro atoms. The van der Waals surface area contributed by atoms with E-state index in [2.05, 4.69) is 5.32 Å². The van der Waals surface area contributed by atoms with E-state index in [0.29, 0.717) is 12.2 Å². The molecule has 1 aromatic carbocycles. The molecule has 0 aliphatic carbocycles. The second kappa shape index (κ2) is 5.22. The molecular weight excluding hydrogens is 287 g/mol. The van der Waals surface area contributed by atoms with Gasteiger partial charge in [0.1, 0.15) is 11.7 Å². The summed E-state index contributed by atoms with van der Waals surface area (Å²) in [4.78, 5) is 11.7. The SMILES string of the molecule is CC(C)(C)OC(=O)Nc1cc(C(F)(F)F)ccc1[C@@H]1CO1. The minimum atomic E-state index is -4.48. The first-order chi connectivity index (χ1) is 9.56. The zero-order valence-electron chi connectivity index (χ0n) is 11.9. The van der Waals surface area contributed by atoms with Gasteiger partial charge in [-0.1, -0.05) is 6.07 Å². The lowest BCUT2D eigenvalue weighted by molar-refractivity contribution is -0.137. The monoisotopic (exact) mass is 303 g/mol. The van der Waals surface area contributed by atoms with Crippen LogP contribution in [0.5, 0.6) is 0 Å². The van der Waals surface area contributed by atoms with Crippen molar-refractivity contribution in [3.05, 3.63) is 29.3 Å². The molecular formula is C14H16F3NO3. The molecule has 0 saturated carbocycles. The average molecular weight is 303 g/mol. The third-order valence-corrected chi connectivity index (χ3v) is 2.70.